The molecule has 3 heterocycles. The number of thiocarbonyl (C=S) groups is 1. The van der Waals surface area contributed by atoms with Gasteiger partial charge in [0.05, 0.1) is 13.2 Å². The van der Waals surface area contributed by atoms with Gasteiger partial charge in [0.1, 0.15) is 11.6 Å². The van der Waals surface area contributed by atoms with Crippen LogP contribution in [-0.2, 0) is 4.74 Å². The van der Waals surface area contributed by atoms with Gasteiger partial charge in [-0.1, -0.05) is 6.92 Å². The normalized spacial score (nSPS) is 21.1. The lowest BCUT2D eigenvalue weighted by molar-refractivity contribution is 0.122. The van der Waals surface area contributed by atoms with Crippen molar-refractivity contribution in [1.82, 2.24) is 15.3 Å². The summed E-state index contributed by atoms with van der Waals surface area (Å²) < 4.78 is 5.47. The van der Waals surface area contributed by atoms with E-state index in [9.17, 15) is 0 Å². The third-order valence-corrected chi connectivity index (χ3v) is 4.82. The predicted molar refractivity (Wildman–Crippen MR) is 106 cm³/mol. The molecule has 2 aliphatic rings. The quantitative estimate of drug-likeness (QED) is 0.785. The molecule has 1 aromatic heterocycles. The van der Waals surface area contributed by atoms with Crippen molar-refractivity contribution in [3.05, 3.63) is 6.07 Å². The molecule has 0 radical (unpaired) electrons. The molecule has 0 aromatic carbocycles. The SMILES string of the molecule is CCNC(=S)Nc1nc(N2CCOCC2)cc(N2CCC[C@H](C)C2)n1. The summed E-state index contributed by atoms with van der Waals surface area (Å²) in [7, 11) is 0. The van der Waals surface area contributed by atoms with Crippen molar-refractivity contribution in [3.63, 3.8) is 0 Å². The summed E-state index contributed by atoms with van der Waals surface area (Å²) in [6, 6.07) is 2.10. The van der Waals surface area contributed by atoms with E-state index in [-0.39, 0.29) is 0 Å². The average Bonchev–Trinajstić information content (AvgIpc) is 2.62. The minimum atomic E-state index is 0.555. The molecule has 3 rings (SSSR count). The van der Waals surface area contributed by atoms with Crippen LogP contribution in [0.2, 0.25) is 0 Å². The van der Waals surface area contributed by atoms with Crippen molar-refractivity contribution in [1.29, 1.82) is 0 Å². The molecule has 25 heavy (non-hydrogen) atoms. The first-order valence-electron chi connectivity index (χ1n) is 9.17. The molecule has 138 valence electrons. The summed E-state index contributed by atoms with van der Waals surface area (Å²) in [5.74, 6) is 3.16. The van der Waals surface area contributed by atoms with E-state index < -0.39 is 0 Å². The lowest BCUT2D eigenvalue weighted by atomic mass is 10.0. The second kappa shape index (κ2) is 8.62. The number of hydrogen-bond acceptors (Lipinski definition) is 6. The summed E-state index contributed by atoms with van der Waals surface area (Å²) in [4.78, 5) is 14.0. The highest BCUT2D eigenvalue weighted by Gasteiger charge is 2.21. The Kier molecular flexibility index (Phi) is 6.25. The number of aromatic nitrogens is 2. The number of nitrogens with one attached hydrogen (secondary N) is 2. The number of piperidine rings is 1. The first-order valence-corrected chi connectivity index (χ1v) is 9.58. The number of rotatable bonds is 4. The number of ether oxygens (including phenoxy) is 1. The molecule has 2 saturated heterocycles. The molecular weight excluding hydrogens is 336 g/mol. The fraction of sp³-hybridized carbons (Fsp3) is 0.706. The van der Waals surface area contributed by atoms with Crippen LogP contribution < -0.4 is 20.4 Å². The lowest BCUT2D eigenvalue weighted by Gasteiger charge is -2.33. The lowest BCUT2D eigenvalue weighted by Crippen LogP contribution is -2.38. The molecule has 0 saturated carbocycles. The van der Waals surface area contributed by atoms with E-state index in [1.807, 2.05) is 6.92 Å². The zero-order valence-electron chi connectivity index (χ0n) is 15.1. The summed E-state index contributed by atoms with van der Waals surface area (Å²) in [5.41, 5.74) is 0. The fourth-order valence-corrected chi connectivity index (χ4v) is 3.53. The van der Waals surface area contributed by atoms with Gasteiger partial charge >= 0.3 is 0 Å². The van der Waals surface area contributed by atoms with Gasteiger partial charge in [0.2, 0.25) is 5.95 Å². The Morgan fingerprint density at radius 1 is 1.24 bits per heavy atom. The summed E-state index contributed by atoms with van der Waals surface area (Å²) >= 11 is 5.30. The van der Waals surface area contributed by atoms with Gasteiger partial charge in [-0.05, 0) is 37.9 Å². The largest absolute Gasteiger partial charge is 0.378 e. The third-order valence-electron chi connectivity index (χ3n) is 4.58. The number of morpholine rings is 1. The van der Waals surface area contributed by atoms with Gasteiger partial charge in [-0.2, -0.15) is 9.97 Å². The summed E-state index contributed by atoms with van der Waals surface area (Å²) in [5, 5.41) is 6.77. The van der Waals surface area contributed by atoms with Crippen molar-refractivity contribution in [2.45, 2.75) is 26.7 Å². The van der Waals surface area contributed by atoms with Crippen LogP contribution in [0.4, 0.5) is 17.6 Å². The second-order valence-corrected chi connectivity index (χ2v) is 7.09. The van der Waals surface area contributed by atoms with E-state index in [1.165, 1.54) is 12.8 Å². The molecule has 8 heteroatoms. The molecule has 1 atom stereocenters. The molecular formula is C17H28N6OS. The molecule has 0 unspecified atom stereocenters. The number of hydrogen-bond donors (Lipinski definition) is 2. The molecule has 7 nitrogen and oxygen atoms in total. The molecule has 0 amide bonds. The van der Waals surface area contributed by atoms with E-state index in [0.29, 0.717) is 17.0 Å². The van der Waals surface area contributed by atoms with Crippen molar-refractivity contribution in [2.24, 2.45) is 5.92 Å². The van der Waals surface area contributed by atoms with Crippen LogP contribution in [0.5, 0.6) is 0 Å². The fourth-order valence-electron chi connectivity index (χ4n) is 3.30. The molecule has 0 spiro atoms. The first-order chi connectivity index (χ1) is 12.2. The van der Waals surface area contributed by atoms with Crippen LogP contribution in [0, 0.1) is 5.92 Å². The smallest absolute Gasteiger partial charge is 0.232 e. The van der Waals surface area contributed by atoms with Crippen LogP contribution >= 0.6 is 12.2 Å². The zero-order valence-corrected chi connectivity index (χ0v) is 15.9. The average molecular weight is 365 g/mol. The van der Waals surface area contributed by atoms with E-state index >= 15 is 0 Å². The van der Waals surface area contributed by atoms with Crippen LogP contribution in [-0.4, -0.2) is 61.0 Å². The molecule has 2 N–H and O–H groups in total. The van der Waals surface area contributed by atoms with Gasteiger partial charge in [-0.25, -0.2) is 0 Å². The van der Waals surface area contributed by atoms with Crippen LogP contribution in [0.1, 0.15) is 26.7 Å². The van der Waals surface area contributed by atoms with Gasteiger partial charge in [-0.3, -0.25) is 0 Å². The van der Waals surface area contributed by atoms with Crippen molar-refractivity contribution >= 4 is 34.9 Å². The highest BCUT2D eigenvalue weighted by atomic mass is 32.1. The van der Waals surface area contributed by atoms with Crippen LogP contribution in [0.15, 0.2) is 6.07 Å². The van der Waals surface area contributed by atoms with Gasteiger partial charge < -0.3 is 25.2 Å². The Balaban J connectivity index is 1.85. The Morgan fingerprint density at radius 3 is 2.64 bits per heavy atom. The van der Waals surface area contributed by atoms with E-state index in [4.69, 9.17) is 21.9 Å². The number of nitrogens with zero attached hydrogens (tertiary/aromatic N) is 4. The zero-order chi connectivity index (χ0) is 17.6. The van der Waals surface area contributed by atoms with E-state index in [1.54, 1.807) is 0 Å². The number of anilines is 3. The Labute approximate surface area is 155 Å². The molecule has 2 aliphatic heterocycles. The van der Waals surface area contributed by atoms with Crippen LogP contribution in [0.3, 0.4) is 0 Å². The highest BCUT2D eigenvalue weighted by molar-refractivity contribution is 7.80. The minimum Gasteiger partial charge on any atom is -0.378 e. The Morgan fingerprint density at radius 2 is 1.96 bits per heavy atom. The Hall–Kier alpha value is -1.67. The van der Waals surface area contributed by atoms with Crippen molar-refractivity contribution in [2.75, 3.05) is 61.1 Å². The monoisotopic (exact) mass is 364 g/mol. The van der Waals surface area contributed by atoms with Crippen LogP contribution in [0.25, 0.3) is 0 Å². The van der Waals surface area contributed by atoms with Crippen molar-refractivity contribution in [3.8, 4) is 0 Å². The van der Waals surface area contributed by atoms with Gasteiger partial charge in [0, 0.05) is 38.8 Å². The third kappa shape index (κ3) is 4.92. The van der Waals surface area contributed by atoms with Gasteiger partial charge in [-0.15, -0.1) is 0 Å². The topological polar surface area (TPSA) is 65.6 Å². The maximum Gasteiger partial charge on any atom is 0.232 e. The maximum atomic E-state index is 5.47. The second-order valence-electron chi connectivity index (χ2n) is 6.69. The minimum absolute atomic E-state index is 0.555. The molecule has 1 aromatic rings. The van der Waals surface area contributed by atoms with Gasteiger partial charge in [0.25, 0.3) is 0 Å². The van der Waals surface area contributed by atoms with E-state index in [0.717, 1.165) is 57.6 Å². The first kappa shape index (κ1) is 18.1. The summed E-state index contributed by atoms with van der Waals surface area (Å²) in [6.07, 6.45) is 2.49. The molecule has 2 fully saturated rings. The van der Waals surface area contributed by atoms with E-state index in [2.05, 4.69) is 38.4 Å². The molecule has 0 bridgehead atoms. The van der Waals surface area contributed by atoms with Crippen molar-refractivity contribution < 1.29 is 4.74 Å². The highest BCUT2D eigenvalue weighted by Crippen LogP contribution is 2.26. The summed E-state index contributed by atoms with van der Waals surface area (Å²) in [6.45, 7) is 10.3. The standard InChI is InChI=1S/C17H28N6OS/c1-3-18-17(25)21-16-19-14(22-7-9-24-10-8-22)11-15(20-16)23-6-4-5-13(2)12-23/h11,13H,3-10,12H2,1-2H3,(H2,18,19,20,21,25)/t13-/m0/s1. The van der Waals surface area contributed by atoms with Gasteiger partial charge in [0.15, 0.2) is 5.11 Å². The molecule has 0 aliphatic carbocycles. The maximum absolute atomic E-state index is 5.47. The Bertz CT molecular complexity index is 593. The predicted octanol–water partition coefficient (Wildman–Crippen LogP) is 1.86.